The summed E-state index contributed by atoms with van der Waals surface area (Å²) in [6.45, 7) is 2.88. The number of hydrogen-bond donors (Lipinski definition) is 2. The largest absolute Gasteiger partial charge is 0.383 e. The van der Waals surface area contributed by atoms with Crippen LogP contribution in [-0.2, 0) is 16.0 Å². The summed E-state index contributed by atoms with van der Waals surface area (Å²) in [5, 5.41) is 11.7. The summed E-state index contributed by atoms with van der Waals surface area (Å²) in [5.41, 5.74) is 2.70. The van der Waals surface area contributed by atoms with Crippen molar-refractivity contribution in [2.45, 2.75) is 43.7 Å². The molecule has 2 N–H and O–H groups in total. The zero-order valence-corrected chi connectivity index (χ0v) is 18.1. The van der Waals surface area contributed by atoms with E-state index in [1.54, 1.807) is 4.90 Å². The zero-order valence-electron chi connectivity index (χ0n) is 18.1. The normalized spacial score (nSPS) is 25.0. The maximum atomic E-state index is 12.0. The fourth-order valence-corrected chi connectivity index (χ4v) is 4.56. The molecule has 0 bridgehead atoms. The van der Waals surface area contributed by atoms with Crippen LogP contribution in [0, 0.1) is 0 Å². The molecule has 2 aliphatic heterocycles. The Hall–Kier alpha value is -2.15. The summed E-state index contributed by atoms with van der Waals surface area (Å²) >= 11 is 0. The molecule has 1 aromatic heterocycles. The van der Waals surface area contributed by atoms with E-state index >= 15 is 0 Å². The van der Waals surface area contributed by atoms with Gasteiger partial charge in [-0.1, -0.05) is 18.2 Å². The molecule has 0 spiro atoms. The van der Waals surface area contributed by atoms with Crippen LogP contribution >= 0.6 is 0 Å². The maximum absolute atomic E-state index is 12.0. The van der Waals surface area contributed by atoms with Crippen molar-refractivity contribution in [3.63, 3.8) is 0 Å². The van der Waals surface area contributed by atoms with Gasteiger partial charge in [0, 0.05) is 63.2 Å². The first kappa shape index (κ1) is 21.1. The number of ether oxygens (including phenoxy) is 1. The average Bonchev–Trinajstić information content (AvgIpc) is 3.46. The Bertz CT molecular complexity index is 912. The van der Waals surface area contributed by atoms with Gasteiger partial charge in [-0.05, 0) is 49.1 Å². The third kappa shape index (κ3) is 4.77. The molecular formula is C24H33N3O3. The molecule has 0 aliphatic carbocycles. The summed E-state index contributed by atoms with van der Waals surface area (Å²) in [6.07, 6.45) is 10.6. The average molecular weight is 412 g/mol. The molecule has 2 aliphatic rings. The number of fused-ring (bicyclic) bond motifs is 1. The number of nitrogens with zero attached hydrogens (tertiary/aromatic N) is 2. The molecule has 1 amide bonds. The van der Waals surface area contributed by atoms with Gasteiger partial charge in [0.05, 0.1) is 6.61 Å². The van der Waals surface area contributed by atoms with E-state index in [0.717, 1.165) is 30.6 Å². The first-order valence-electron chi connectivity index (χ1n) is 11.0. The third-order valence-electron chi connectivity index (χ3n) is 6.48. The number of hydrogen-bond acceptors (Lipinski definition) is 4. The molecule has 2 aromatic rings. The van der Waals surface area contributed by atoms with E-state index in [1.165, 1.54) is 23.8 Å². The smallest absolute Gasteiger partial charge is 0.223 e. The number of aliphatic hydroxyl groups is 1. The first-order valence-corrected chi connectivity index (χ1v) is 11.0. The monoisotopic (exact) mass is 411 g/mol. The Morgan fingerprint density at radius 1 is 1.43 bits per heavy atom. The van der Waals surface area contributed by atoms with Gasteiger partial charge < -0.3 is 19.7 Å². The van der Waals surface area contributed by atoms with E-state index in [9.17, 15) is 9.90 Å². The SMILES string of the molecule is CN(C)C(=O)CCN1CCC[C@@H]1Cc1c[nH]c2ccc(C=CC3(O)CCOC3)cc12. The number of aromatic nitrogens is 1. The maximum Gasteiger partial charge on any atom is 0.223 e. The van der Waals surface area contributed by atoms with Crippen LogP contribution in [0.3, 0.4) is 0 Å². The fraction of sp³-hybridized carbons (Fsp3) is 0.542. The van der Waals surface area contributed by atoms with Gasteiger partial charge in [0.15, 0.2) is 0 Å². The van der Waals surface area contributed by atoms with Crippen LogP contribution in [0.2, 0.25) is 0 Å². The molecular weight excluding hydrogens is 378 g/mol. The highest BCUT2D eigenvalue weighted by Crippen LogP contribution is 2.27. The summed E-state index contributed by atoms with van der Waals surface area (Å²) in [6, 6.07) is 6.86. The van der Waals surface area contributed by atoms with E-state index in [0.29, 0.717) is 32.1 Å². The second-order valence-corrected chi connectivity index (χ2v) is 8.93. The van der Waals surface area contributed by atoms with Crippen LogP contribution < -0.4 is 0 Å². The van der Waals surface area contributed by atoms with Gasteiger partial charge in [0.2, 0.25) is 5.91 Å². The highest BCUT2D eigenvalue weighted by Gasteiger charge is 2.29. The number of amides is 1. The minimum Gasteiger partial charge on any atom is -0.383 e. The summed E-state index contributed by atoms with van der Waals surface area (Å²) in [5.74, 6) is 0.193. The minimum absolute atomic E-state index is 0.193. The number of carbonyl (C=O) groups is 1. The van der Waals surface area contributed by atoms with Gasteiger partial charge in [0.25, 0.3) is 0 Å². The molecule has 4 rings (SSSR count). The second-order valence-electron chi connectivity index (χ2n) is 8.93. The molecule has 0 radical (unpaired) electrons. The molecule has 6 heteroatoms. The molecule has 30 heavy (non-hydrogen) atoms. The quantitative estimate of drug-likeness (QED) is 0.735. The van der Waals surface area contributed by atoms with E-state index < -0.39 is 5.60 Å². The fourth-order valence-electron chi connectivity index (χ4n) is 4.56. The number of aromatic amines is 1. The van der Waals surface area contributed by atoms with E-state index in [1.807, 2.05) is 26.2 Å². The Morgan fingerprint density at radius 2 is 2.30 bits per heavy atom. The van der Waals surface area contributed by atoms with Crippen molar-refractivity contribution in [2.75, 3.05) is 40.4 Å². The van der Waals surface area contributed by atoms with Crippen LogP contribution in [0.1, 0.15) is 36.8 Å². The molecule has 162 valence electrons. The number of H-pyrrole nitrogens is 1. The highest BCUT2D eigenvalue weighted by atomic mass is 16.5. The lowest BCUT2D eigenvalue weighted by molar-refractivity contribution is -0.129. The van der Waals surface area contributed by atoms with Gasteiger partial charge >= 0.3 is 0 Å². The molecule has 2 saturated heterocycles. The Kier molecular flexibility index (Phi) is 6.27. The summed E-state index contributed by atoms with van der Waals surface area (Å²) < 4.78 is 5.32. The number of nitrogens with one attached hydrogen (secondary N) is 1. The van der Waals surface area contributed by atoms with Crippen LogP contribution in [0.4, 0.5) is 0 Å². The lowest BCUT2D eigenvalue weighted by Crippen LogP contribution is -2.35. The highest BCUT2D eigenvalue weighted by molar-refractivity contribution is 5.85. The molecule has 2 atom stereocenters. The lowest BCUT2D eigenvalue weighted by atomic mass is 9.99. The van der Waals surface area contributed by atoms with Crippen molar-refractivity contribution >= 4 is 22.9 Å². The molecule has 1 unspecified atom stereocenters. The number of benzene rings is 1. The van der Waals surface area contributed by atoms with E-state index in [4.69, 9.17) is 4.74 Å². The standard InChI is InChI=1S/C24H33N3O3/c1-26(2)23(28)8-12-27-11-3-4-20(27)15-19-16-25-22-6-5-18(14-21(19)22)7-9-24(29)10-13-30-17-24/h5-7,9,14,16,20,25,29H,3-4,8,10-13,15,17H2,1-2H3/t20-,24?/m1/s1. The van der Waals surface area contributed by atoms with Gasteiger partial charge in [-0.25, -0.2) is 0 Å². The van der Waals surface area contributed by atoms with Crippen molar-refractivity contribution in [1.29, 1.82) is 0 Å². The Morgan fingerprint density at radius 3 is 3.07 bits per heavy atom. The van der Waals surface area contributed by atoms with Crippen LogP contribution in [0.5, 0.6) is 0 Å². The van der Waals surface area contributed by atoms with Crippen molar-refractivity contribution < 1.29 is 14.6 Å². The van der Waals surface area contributed by atoms with Gasteiger partial charge in [0.1, 0.15) is 5.60 Å². The van der Waals surface area contributed by atoms with Crippen LogP contribution in [0.15, 0.2) is 30.5 Å². The molecule has 6 nitrogen and oxygen atoms in total. The number of rotatable bonds is 7. The predicted molar refractivity (Wildman–Crippen MR) is 119 cm³/mol. The van der Waals surface area contributed by atoms with E-state index in [-0.39, 0.29) is 5.91 Å². The topological polar surface area (TPSA) is 68.8 Å². The van der Waals surface area contributed by atoms with Gasteiger partial charge in [-0.15, -0.1) is 0 Å². The molecule has 3 heterocycles. The van der Waals surface area contributed by atoms with Crippen molar-refractivity contribution in [3.8, 4) is 0 Å². The van der Waals surface area contributed by atoms with E-state index in [2.05, 4.69) is 34.3 Å². The van der Waals surface area contributed by atoms with Crippen molar-refractivity contribution in [2.24, 2.45) is 0 Å². The summed E-state index contributed by atoms with van der Waals surface area (Å²) in [7, 11) is 3.64. The number of likely N-dealkylation sites (tertiary alicyclic amines) is 1. The Labute approximate surface area is 178 Å². The number of carbonyl (C=O) groups excluding carboxylic acids is 1. The van der Waals surface area contributed by atoms with Crippen LogP contribution in [-0.4, -0.2) is 77.8 Å². The van der Waals surface area contributed by atoms with Crippen LogP contribution in [0.25, 0.3) is 17.0 Å². The van der Waals surface area contributed by atoms with Crippen molar-refractivity contribution in [3.05, 3.63) is 41.6 Å². The van der Waals surface area contributed by atoms with Gasteiger partial charge in [-0.2, -0.15) is 0 Å². The third-order valence-corrected chi connectivity index (χ3v) is 6.48. The first-order chi connectivity index (χ1) is 14.4. The molecule has 2 fully saturated rings. The molecule has 0 saturated carbocycles. The minimum atomic E-state index is -0.843. The lowest BCUT2D eigenvalue weighted by Gasteiger charge is -2.24. The predicted octanol–water partition coefficient (Wildman–Crippen LogP) is 2.82. The molecule has 1 aromatic carbocycles. The van der Waals surface area contributed by atoms with Gasteiger partial charge in [-0.3, -0.25) is 9.69 Å². The Balaban J connectivity index is 1.46. The second kappa shape index (κ2) is 8.92. The zero-order chi connectivity index (χ0) is 21.1. The summed E-state index contributed by atoms with van der Waals surface area (Å²) in [4.78, 5) is 19.5. The van der Waals surface area contributed by atoms with Crippen molar-refractivity contribution in [1.82, 2.24) is 14.8 Å².